The normalized spacial score (nSPS) is 14.4. The van der Waals surface area contributed by atoms with Crippen LogP contribution in [0.1, 0.15) is 23.2 Å². The topological polar surface area (TPSA) is 102 Å². The van der Waals surface area contributed by atoms with Crippen LogP contribution in [0.15, 0.2) is 54.6 Å². The van der Waals surface area contributed by atoms with Crippen molar-refractivity contribution in [1.29, 1.82) is 0 Å². The van der Waals surface area contributed by atoms with Gasteiger partial charge in [-0.2, -0.15) is 0 Å². The van der Waals surface area contributed by atoms with Gasteiger partial charge in [0.05, 0.1) is 4.92 Å². The van der Waals surface area contributed by atoms with E-state index in [0.29, 0.717) is 31.5 Å². The molecule has 2 aromatic rings. The lowest BCUT2D eigenvalue weighted by molar-refractivity contribution is -0.385. The van der Waals surface area contributed by atoms with Crippen LogP contribution in [0.3, 0.4) is 0 Å². The lowest BCUT2D eigenvalue weighted by Gasteiger charge is -2.32. The van der Waals surface area contributed by atoms with Crippen molar-refractivity contribution >= 4 is 17.5 Å². The Morgan fingerprint density at radius 1 is 1.07 bits per heavy atom. The van der Waals surface area contributed by atoms with Crippen molar-refractivity contribution in [2.24, 2.45) is 0 Å². The van der Waals surface area contributed by atoms with E-state index in [1.807, 2.05) is 18.2 Å². The number of likely N-dealkylation sites (tertiary alicyclic amines) is 1. The number of ether oxygens (including phenoxy) is 1. The summed E-state index contributed by atoms with van der Waals surface area (Å²) in [7, 11) is 0. The number of rotatable bonds is 6. The zero-order valence-corrected chi connectivity index (χ0v) is 15.2. The molecule has 0 aliphatic carbocycles. The third-order valence-corrected chi connectivity index (χ3v) is 4.63. The van der Waals surface area contributed by atoms with Gasteiger partial charge >= 0.3 is 5.69 Å². The molecule has 8 heteroatoms. The van der Waals surface area contributed by atoms with Crippen LogP contribution in [0.5, 0.6) is 5.75 Å². The number of benzene rings is 2. The second-order valence-electron chi connectivity index (χ2n) is 6.51. The van der Waals surface area contributed by atoms with Gasteiger partial charge in [-0.25, -0.2) is 0 Å². The van der Waals surface area contributed by atoms with Gasteiger partial charge < -0.3 is 15.0 Å². The molecule has 1 aliphatic heterocycles. The van der Waals surface area contributed by atoms with Crippen LogP contribution in [-0.4, -0.2) is 47.4 Å². The molecule has 0 atom stereocenters. The van der Waals surface area contributed by atoms with Gasteiger partial charge in [-0.15, -0.1) is 0 Å². The highest BCUT2D eigenvalue weighted by atomic mass is 16.6. The first kappa shape index (κ1) is 19.3. The van der Waals surface area contributed by atoms with Crippen molar-refractivity contribution in [3.05, 3.63) is 70.3 Å². The van der Waals surface area contributed by atoms with E-state index in [0.717, 1.165) is 0 Å². The fraction of sp³-hybridized carbons (Fsp3) is 0.300. The lowest BCUT2D eigenvalue weighted by atomic mass is 10.0. The number of hydrogen-bond acceptors (Lipinski definition) is 5. The highest BCUT2D eigenvalue weighted by Gasteiger charge is 2.25. The van der Waals surface area contributed by atoms with Crippen LogP contribution in [0, 0.1) is 10.1 Å². The maximum atomic E-state index is 12.3. The number of nitro benzene ring substituents is 1. The van der Waals surface area contributed by atoms with E-state index in [-0.39, 0.29) is 35.9 Å². The predicted octanol–water partition coefficient (Wildman–Crippen LogP) is 2.39. The summed E-state index contributed by atoms with van der Waals surface area (Å²) >= 11 is 0. The molecule has 1 heterocycles. The van der Waals surface area contributed by atoms with Crippen LogP contribution < -0.4 is 10.1 Å². The Morgan fingerprint density at radius 3 is 2.39 bits per heavy atom. The first-order valence-corrected chi connectivity index (χ1v) is 9.04. The molecule has 0 unspecified atom stereocenters. The summed E-state index contributed by atoms with van der Waals surface area (Å²) in [4.78, 5) is 36.7. The van der Waals surface area contributed by atoms with Gasteiger partial charge in [0.15, 0.2) is 12.4 Å². The number of carbonyl (C=O) groups excluding carboxylic acids is 2. The van der Waals surface area contributed by atoms with Gasteiger partial charge in [0.25, 0.3) is 11.8 Å². The monoisotopic (exact) mass is 383 g/mol. The van der Waals surface area contributed by atoms with E-state index in [9.17, 15) is 19.7 Å². The van der Waals surface area contributed by atoms with Crippen molar-refractivity contribution in [1.82, 2.24) is 10.2 Å². The van der Waals surface area contributed by atoms with E-state index in [4.69, 9.17) is 4.74 Å². The molecule has 2 amide bonds. The highest BCUT2D eigenvalue weighted by Crippen LogP contribution is 2.25. The van der Waals surface area contributed by atoms with Crippen LogP contribution in [0.25, 0.3) is 0 Å². The van der Waals surface area contributed by atoms with E-state index in [1.54, 1.807) is 29.2 Å². The van der Waals surface area contributed by atoms with Gasteiger partial charge in [0, 0.05) is 30.8 Å². The number of nitrogens with one attached hydrogen (secondary N) is 1. The zero-order valence-electron chi connectivity index (χ0n) is 15.2. The molecule has 3 rings (SSSR count). The van der Waals surface area contributed by atoms with E-state index >= 15 is 0 Å². The minimum absolute atomic E-state index is 0.00730. The van der Waals surface area contributed by atoms with Crippen LogP contribution in [0.4, 0.5) is 5.69 Å². The SMILES string of the molecule is O=C(NC1CCN(C(=O)COc2ccccc2[N+](=O)[O-])CC1)c1ccccc1. The number of para-hydroxylation sites is 2. The van der Waals surface area contributed by atoms with Crippen LogP contribution in [0.2, 0.25) is 0 Å². The molecular weight excluding hydrogens is 362 g/mol. The Hall–Kier alpha value is -3.42. The molecule has 1 N–H and O–H groups in total. The molecular formula is C20H21N3O5. The molecule has 28 heavy (non-hydrogen) atoms. The molecule has 1 aliphatic rings. The first-order chi connectivity index (χ1) is 13.5. The maximum absolute atomic E-state index is 12.3. The molecule has 0 spiro atoms. The minimum atomic E-state index is -0.541. The number of piperidine rings is 1. The van der Waals surface area contributed by atoms with Gasteiger partial charge in [-0.3, -0.25) is 19.7 Å². The second kappa shape index (κ2) is 8.98. The van der Waals surface area contributed by atoms with Crippen LogP contribution >= 0.6 is 0 Å². The fourth-order valence-electron chi connectivity index (χ4n) is 3.09. The van der Waals surface area contributed by atoms with Gasteiger partial charge in [0.2, 0.25) is 0 Å². The summed E-state index contributed by atoms with van der Waals surface area (Å²) < 4.78 is 5.36. The summed E-state index contributed by atoms with van der Waals surface area (Å²) in [6, 6.07) is 15.0. The summed E-state index contributed by atoms with van der Waals surface area (Å²) in [6.45, 7) is 0.740. The summed E-state index contributed by atoms with van der Waals surface area (Å²) in [5, 5.41) is 14.0. The largest absolute Gasteiger partial charge is 0.477 e. The molecule has 2 aromatic carbocycles. The molecule has 146 valence electrons. The molecule has 0 aromatic heterocycles. The van der Waals surface area contributed by atoms with E-state index < -0.39 is 4.92 Å². The quantitative estimate of drug-likeness (QED) is 0.610. The summed E-state index contributed by atoms with van der Waals surface area (Å²) in [6.07, 6.45) is 1.30. The third-order valence-electron chi connectivity index (χ3n) is 4.63. The predicted molar refractivity (Wildman–Crippen MR) is 102 cm³/mol. The van der Waals surface area contributed by atoms with Crippen molar-refractivity contribution in [3.8, 4) is 5.75 Å². The highest BCUT2D eigenvalue weighted by molar-refractivity contribution is 5.94. The molecule has 0 bridgehead atoms. The molecule has 8 nitrogen and oxygen atoms in total. The summed E-state index contributed by atoms with van der Waals surface area (Å²) in [5.74, 6) is -0.276. The molecule has 0 radical (unpaired) electrons. The maximum Gasteiger partial charge on any atom is 0.310 e. The second-order valence-corrected chi connectivity index (χ2v) is 6.51. The standard InChI is InChI=1S/C20H21N3O5/c24-19(14-28-18-9-5-4-8-17(18)23(26)27)22-12-10-16(11-13-22)21-20(25)15-6-2-1-3-7-15/h1-9,16H,10-14H2,(H,21,25). The number of nitrogens with zero attached hydrogens (tertiary/aromatic N) is 2. The van der Waals surface area contributed by atoms with Crippen molar-refractivity contribution < 1.29 is 19.2 Å². The number of nitro groups is 1. The fourth-order valence-corrected chi connectivity index (χ4v) is 3.09. The Morgan fingerprint density at radius 2 is 1.71 bits per heavy atom. The Labute approximate surface area is 162 Å². The smallest absolute Gasteiger partial charge is 0.310 e. The first-order valence-electron chi connectivity index (χ1n) is 9.04. The van der Waals surface area contributed by atoms with Crippen molar-refractivity contribution in [3.63, 3.8) is 0 Å². The van der Waals surface area contributed by atoms with Gasteiger partial charge in [-0.05, 0) is 31.0 Å². The van der Waals surface area contributed by atoms with Crippen molar-refractivity contribution in [2.45, 2.75) is 18.9 Å². The molecule has 0 saturated carbocycles. The minimum Gasteiger partial charge on any atom is -0.477 e. The van der Waals surface area contributed by atoms with E-state index in [1.165, 1.54) is 12.1 Å². The van der Waals surface area contributed by atoms with Crippen LogP contribution in [-0.2, 0) is 4.79 Å². The van der Waals surface area contributed by atoms with Gasteiger partial charge in [0.1, 0.15) is 0 Å². The Bertz CT molecular complexity index is 848. The average Bonchev–Trinajstić information content (AvgIpc) is 2.73. The van der Waals surface area contributed by atoms with Gasteiger partial charge in [-0.1, -0.05) is 30.3 Å². The number of carbonyl (C=O) groups is 2. The zero-order chi connectivity index (χ0) is 19.9. The van der Waals surface area contributed by atoms with Crippen molar-refractivity contribution in [2.75, 3.05) is 19.7 Å². The van der Waals surface area contributed by atoms with E-state index in [2.05, 4.69) is 5.32 Å². The molecule has 1 saturated heterocycles. The lowest BCUT2D eigenvalue weighted by Crippen LogP contribution is -2.47. The Balaban J connectivity index is 1.46. The average molecular weight is 383 g/mol. The molecule has 1 fully saturated rings. The summed E-state index contributed by atoms with van der Waals surface area (Å²) in [5.41, 5.74) is 0.441. The number of hydrogen-bond donors (Lipinski definition) is 1. The number of amides is 2. The Kier molecular flexibility index (Phi) is 6.21. The third kappa shape index (κ3) is 4.85.